The molecule has 2 aromatic rings. The molecular weight excluding hydrogens is 418 g/mol. The zero-order chi connectivity index (χ0) is 23.4. The van der Waals surface area contributed by atoms with Gasteiger partial charge in [-0.3, -0.25) is 19.1 Å². The second-order valence-corrected chi connectivity index (χ2v) is 7.31. The molecule has 1 fully saturated rings. The first-order chi connectivity index (χ1) is 15.4. The number of aromatic nitrogens is 3. The number of carbonyl (C=O) groups is 3. The average Bonchev–Trinajstić information content (AvgIpc) is 3.32. The van der Waals surface area contributed by atoms with E-state index in [2.05, 4.69) is 15.4 Å². The maximum absolute atomic E-state index is 12.5. The molecule has 0 unspecified atom stereocenters. The summed E-state index contributed by atoms with van der Waals surface area (Å²) in [5, 5.41) is 24.4. The predicted octanol–water partition coefficient (Wildman–Crippen LogP) is 0.438. The van der Waals surface area contributed by atoms with Gasteiger partial charge in [0.25, 0.3) is 12.4 Å². The first-order valence-corrected chi connectivity index (χ1v) is 10.2. The van der Waals surface area contributed by atoms with Crippen LogP contribution in [0.3, 0.4) is 0 Å². The van der Waals surface area contributed by atoms with Crippen molar-refractivity contribution in [3.63, 3.8) is 0 Å². The minimum absolute atomic E-state index is 0.0332. The lowest BCUT2D eigenvalue weighted by Gasteiger charge is -2.37. The number of ether oxygens (including phenoxy) is 1. The highest BCUT2D eigenvalue weighted by Crippen LogP contribution is 2.23. The molecule has 1 aliphatic rings. The normalized spacial score (nSPS) is 14.6. The van der Waals surface area contributed by atoms with Gasteiger partial charge < -0.3 is 25.2 Å². The number of piperidine rings is 1. The number of benzene rings is 1. The number of rotatable bonds is 8. The van der Waals surface area contributed by atoms with Crippen LogP contribution >= 0.6 is 0 Å². The molecule has 3 N–H and O–H groups in total. The predicted molar refractivity (Wildman–Crippen MR) is 114 cm³/mol. The Labute approximate surface area is 186 Å². The van der Waals surface area contributed by atoms with Crippen LogP contribution < -0.4 is 10.1 Å². The van der Waals surface area contributed by atoms with E-state index in [-0.39, 0.29) is 25.2 Å². The lowest BCUT2D eigenvalue weighted by Crippen LogP contribution is -2.54. The summed E-state index contributed by atoms with van der Waals surface area (Å²) in [6, 6.07) is 7.37. The van der Waals surface area contributed by atoms with E-state index < -0.39 is 11.5 Å². The number of amides is 2. The van der Waals surface area contributed by atoms with Gasteiger partial charge in [0.2, 0.25) is 5.91 Å². The Morgan fingerprint density at radius 3 is 2.47 bits per heavy atom. The Hall–Kier alpha value is -3.47. The number of nitrogens with one attached hydrogen (secondary N) is 1. The van der Waals surface area contributed by atoms with Gasteiger partial charge >= 0.3 is 0 Å². The van der Waals surface area contributed by atoms with Gasteiger partial charge in [-0.25, -0.2) is 4.98 Å². The Kier molecular flexibility index (Phi) is 9.61. The molecule has 3 rings (SSSR count). The minimum Gasteiger partial charge on any atom is -0.497 e. The molecule has 0 aliphatic carbocycles. The molecule has 0 bridgehead atoms. The molecule has 11 heteroatoms. The zero-order valence-corrected chi connectivity index (χ0v) is 18.0. The van der Waals surface area contributed by atoms with E-state index in [4.69, 9.17) is 14.6 Å². The van der Waals surface area contributed by atoms with Gasteiger partial charge in [-0.1, -0.05) is 12.1 Å². The average molecular weight is 447 g/mol. The van der Waals surface area contributed by atoms with Crippen molar-refractivity contribution in [3.8, 4) is 5.75 Å². The van der Waals surface area contributed by atoms with Crippen LogP contribution in [0.2, 0.25) is 0 Å². The van der Waals surface area contributed by atoms with E-state index in [1.54, 1.807) is 23.0 Å². The van der Waals surface area contributed by atoms with Crippen LogP contribution in [-0.2, 0) is 27.5 Å². The van der Waals surface area contributed by atoms with Crippen LogP contribution in [0.15, 0.2) is 36.9 Å². The molecule has 0 atom stereocenters. The Morgan fingerprint density at radius 1 is 1.25 bits per heavy atom. The molecule has 32 heavy (non-hydrogen) atoms. The summed E-state index contributed by atoms with van der Waals surface area (Å²) in [4.78, 5) is 38.8. The third-order valence-corrected chi connectivity index (χ3v) is 5.22. The second-order valence-electron chi connectivity index (χ2n) is 7.31. The molecule has 0 radical (unpaired) electrons. The van der Waals surface area contributed by atoms with Crippen molar-refractivity contribution in [2.75, 3.05) is 20.2 Å². The Morgan fingerprint density at radius 2 is 1.91 bits per heavy atom. The third kappa shape index (κ3) is 7.34. The summed E-state index contributed by atoms with van der Waals surface area (Å²) in [5.41, 5.74) is -0.521. The lowest BCUT2D eigenvalue weighted by molar-refractivity contribution is -0.149. The van der Waals surface area contributed by atoms with E-state index in [0.717, 1.165) is 11.3 Å². The topological polar surface area (TPSA) is 147 Å². The third-order valence-electron chi connectivity index (χ3n) is 5.22. The zero-order valence-electron chi connectivity index (χ0n) is 18.0. The highest BCUT2D eigenvalue weighted by atomic mass is 16.5. The fourth-order valence-corrected chi connectivity index (χ4v) is 3.34. The van der Waals surface area contributed by atoms with E-state index >= 15 is 0 Å². The van der Waals surface area contributed by atoms with Crippen LogP contribution in [0, 0.1) is 0 Å². The molecule has 0 spiro atoms. The molecular formula is C21H29N5O6. The maximum Gasteiger partial charge on any atom is 0.290 e. The van der Waals surface area contributed by atoms with Gasteiger partial charge in [0.15, 0.2) is 0 Å². The van der Waals surface area contributed by atoms with Gasteiger partial charge in [-0.15, -0.1) is 0 Å². The van der Waals surface area contributed by atoms with E-state index in [9.17, 15) is 14.7 Å². The standard InChI is InChI=1S/C20H27N5O4.CH2O2/c1-29-17-6-4-16(5-7-17)13-22-19(27)20(28)8-11-24(12-9-20)18(26)3-2-10-25-15-21-14-23-25;2-1-3/h4-7,14-15,28H,2-3,8-13H2,1H3,(H,22,27);1H,(H,2,3). The van der Waals surface area contributed by atoms with Crippen molar-refractivity contribution in [2.45, 2.75) is 44.4 Å². The highest BCUT2D eigenvalue weighted by Gasteiger charge is 2.40. The molecule has 11 nitrogen and oxygen atoms in total. The van der Waals surface area contributed by atoms with Crippen molar-refractivity contribution in [1.29, 1.82) is 0 Å². The number of carboxylic acid groups (broad SMARTS) is 1. The molecule has 1 saturated heterocycles. The number of hydrogen-bond acceptors (Lipinski definition) is 7. The van der Waals surface area contributed by atoms with E-state index in [1.807, 2.05) is 24.3 Å². The molecule has 1 aliphatic heterocycles. The highest BCUT2D eigenvalue weighted by molar-refractivity contribution is 5.85. The number of aryl methyl sites for hydroxylation is 1. The maximum atomic E-state index is 12.5. The van der Waals surface area contributed by atoms with Gasteiger partial charge in [-0.2, -0.15) is 5.10 Å². The van der Waals surface area contributed by atoms with Gasteiger partial charge in [0.05, 0.1) is 7.11 Å². The molecule has 2 heterocycles. The first kappa shape index (κ1) is 24.8. The largest absolute Gasteiger partial charge is 0.497 e. The molecule has 1 aromatic heterocycles. The summed E-state index contributed by atoms with van der Waals surface area (Å²) < 4.78 is 6.80. The number of nitrogens with zero attached hydrogens (tertiary/aromatic N) is 4. The van der Waals surface area contributed by atoms with E-state index in [1.165, 1.54) is 6.33 Å². The van der Waals surface area contributed by atoms with Crippen molar-refractivity contribution in [2.24, 2.45) is 0 Å². The van der Waals surface area contributed by atoms with Crippen LogP contribution in [0.4, 0.5) is 0 Å². The van der Waals surface area contributed by atoms with Crippen LogP contribution in [0.25, 0.3) is 0 Å². The Balaban J connectivity index is 0.00000114. The summed E-state index contributed by atoms with van der Waals surface area (Å²) in [5.74, 6) is 0.384. The number of carbonyl (C=O) groups excluding carboxylic acids is 2. The van der Waals surface area contributed by atoms with Crippen LogP contribution in [-0.4, -0.2) is 74.0 Å². The fraction of sp³-hybridized carbons (Fsp3) is 0.476. The SMILES string of the molecule is COc1ccc(CNC(=O)C2(O)CCN(C(=O)CCCn3cncn3)CC2)cc1.O=CO. The lowest BCUT2D eigenvalue weighted by atomic mass is 9.90. The summed E-state index contributed by atoms with van der Waals surface area (Å²) in [7, 11) is 1.60. The molecule has 0 saturated carbocycles. The number of hydrogen-bond donors (Lipinski definition) is 3. The van der Waals surface area contributed by atoms with Crippen molar-refractivity contribution >= 4 is 18.3 Å². The van der Waals surface area contributed by atoms with Crippen LogP contribution in [0.5, 0.6) is 5.75 Å². The smallest absolute Gasteiger partial charge is 0.290 e. The summed E-state index contributed by atoms with van der Waals surface area (Å²) in [6.45, 7) is 1.45. The molecule has 2 amide bonds. The fourth-order valence-electron chi connectivity index (χ4n) is 3.34. The quantitative estimate of drug-likeness (QED) is 0.494. The number of aliphatic hydroxyl groups is 1. The van der Waals surface area contributed by atoms with Crippen molar-refractivity contribution in [3.05, 3.63) is 42.5 Å². The summed E-state index contributed by atoms with van der Waals surface area (Å²) in [6.07, 6.45) is 4.63. The van der Waals surface area contributed by atoms with Crippen molar-refractivity contribution in [1.82, 2.24) is 25.0 Å². The minimum atomic E-state index is -1.44. The number of likely N-dealkylation sites (tertiary alicyclic amines) is 1. The van der Waals surface area contributed by atoms with Gasteiger partial charge in [-0.05, 0) is 24.1 Å². The summed E-state index contributed by atoms with van der Waals surface area (Å²) >= 11 is 0. The Bertz CT molecular complexity index is 848. The van der Waals surface area contributed by atoms with Crippen molar-refractivity contribution < 1.29 is 29.3 Å². The first-order valence-electron chi connectivity index (χ1n) is 10.2. The van der Waals surface area contributed by atoms with Gasteiger partial charge in [0.1, 0.15) is 24.0 Å². The van der Waals surface area contributed by atoms with E-state index in [0.29, 0.717) is 39.0 Å². The molecule has 174 valence electrons. The second kappa shape index (κ2) is 12.4. The van der Waals surface area contributed by atoms with Gasteiger partial charge in [0, 0.05) is 45.4 Å². The number of methoxy groups -OCH3 is 1. The molecule has 1 aromatic carbocycles. The van der Waals surface area contributed by atoms with Crippen LogP contribution in [0.1, 0.15) is 31.2 Å². The monoisotopic (exact) mass is 447 g/mol.